The number of halogens is 5. The number of pyridine rings is 3. The van der Waals surface area contributed by atoms with Crippen molar-refractivity contribution in [1.29, 1.82) is 0 Å². The molecule has 2 aromatic carbocycles. The van der Waals surface area contributed by atoms with Crippen LogP contribution < -0.4 is 61.7 Å². The fraction of sp³-hybridized carbons (Fsp3) is 0.324. The van der Waals surface area contributed by atoms with Crippen LogP contribution in [0.1, 0.15) is 68.7 Å². The number of rotatable bonds is 18. The predicted octanol–water partition coefficient (Wildman–Crippen LogP) is 2.45. The molecule has 9 aromatic heterocycles. The minimum atomic E-state index is -1.53. The first-order chi connectivity index (χ1) is 51.5. The van der Waals surface area contributed by atoms with Gasteiger partial charge in [0, 0.05) is 166 Å². The van der Waals surface area contributed by atoms with Crippen LogP contribution in [0.2, 0.25) is 0 Å². The second-order valence-electron chi connectivity index (χ2n) is 26.0. The topological polar surface area (TPSA) is 386 Å². The second kappa shape index (κ2) is 36.4. The van der Waals surface area contributed by atoms with Gasteiger partial charge in [-0.15, -0.1) is 12.4 Å². The number of hydrogen-bond acceptors (Lipinski definition) is 22. The summed E-state index contributed by atoms with van der Waals surface area (Å²) >= 11 is 0. The average molecular weight is 1550 g/mol. The monoisotopic (exact) mass is 1550 g/mol. The zero-order chi connectivity index (χ0) is 77.7. The number of aliphatic carboxylic acids is 1. The van der Waals surface area contributed by atoms with E-state index < -0.39 is 82.2 Å². The minimum absolute atomic E-state index is 0. The van der Waals surface area contributed by atoms with Crippen molar-refractivity contribution in [2.24, 2.45) is 26.9 Å². The van der Waals surface area contributed by atoms with Gasteiger partial charge in [-0.05, 0) is 95.3 Å². The molecular formula is C74H79ClF4LiN17O14. The molecule has 0 aliphatic carbocycles. The number of carbonyl (C=O) groups excluding carboxylic acids is 4. The Bertz CT molecular complexity index is 5470. The van der Waals surface area contributed by atoms with Gasteiger partial charge in [-0.25, -0.2) is 57.1 Å². The Morgan fingerprint density at radius 1 is 0.550 bits per heavy atom. The quantitative estimate of drug-likeness (QED) is 0.0544. The van der Waals surface area contributed by atoms with E-state index in [1.807, 2.05) is 31.2 Å². The molecule has 2 aliphatic rings. The van der Waals surface area contributed by atoms with Crippen molar-refractivity contribution < 1.29 is 89.9 Å². The van der Waals surface area contributed by atoms with Crippen LogP contribution in [0, 0.1) is 44.0 Å². The number of aryl methyl sites for hydroxylation is 6. The Morgan fingerprint density at radius 2 is 0.874 bits per heavy atom. The van der Waals surface area contributed by atoms with E-state index in [0.717, 1.165) is 42.8 Å². The first kappa shape index (κ1) is 85.2. The molecule has 0 saturated carbocycles. The van der Waals surface area contributed by atoms with Gasteiger partial charge in [0.1, 0.15) is 86.5 Å². The molecule has 11 aromatic rings. The third-order valence-electron chi connectivity index (χ3n) is 18.3. The number of nitrogens with two attached hydrogens (primary N) is 1. The summed E-state index contributed by atoms with van der Waals surface area (Å²) in [7, 11) is 7.38. The number of carbonyl (C=O) groups is 5. The van der Waals surface area contributed by atoms with Gasteiger partial charge < -0.3 is 82.6 Å². The smallest absolute Gasteiger partial charge is 0.870 e. The van der Waals surface area contributed by atoms with Gasteiger partial charge in [0.2, 0.25) is 0 Å². The van der Waals surface area contributed by atoms with Crippen molar-refractivity contribution in [3.05, 3.63) is 216 Å². The second-order valence-corrected chi connectivity index (χ2v) is 26.0. The Balaban J connectivity index is 0.000000213. The Labute approximate surface area is 648 Å². The largest absolute Gasteiger partial charge is 1.00 e. The Kier molecular flexibility index (Phi) is 27.9. The van der Waals surface area contributed by atoms with Crippen molar-refractivity contribution in [3.63, 3.8) is 0 Å². The third-order valence-corrected chi connectivity index (χ3v) is 18.3. The SMILES string of the molecule is COC(=O)[C@@H](N)Cc1ccc(-c2nc(C)cn(C)c2=O)c2nccn12.COC(=O)[C@H](Cc1ccc(-c2nc(C)cn(C)c2=O)c2nccn12)NC(=O)c1c(F)cc(N2CCOC[C@H]2C)cc1F.Cc1cn(C)c(=O)c(-c2ccc(C[C@H](NC(=O)c3c(F)cc(N4CCOC[C@H]4C)cc3F)C(=O)O)n3ccnc23)n1.Cl.[Li+].[OH-]. The average Bonchev–Trinajstić information content (AvgIpc) is 1.74. The molecule has 6 N–H and O–H groups in total. The van der Waals surface area contributed by atoms with Gasteiger partial charge in [-0.2, -0.15) is 0 Å². The molecule has 2 aliphatic heterocycles. The number of morpholine rings is 2. The molecule has 580 valence electrons. The van der Waals surface area contributed by atoms with Crippen LogP contribution >= 0.6 is 12.4 Å². The zero-order valence-corrected chi connectivity index (χ0v) is 63.1. The van der Waals surface area contributed by atoms with Gasteiger partial charge in [0.15, 0.2) is 0 Å². The molecule has 31 nitrogen and oxygen atoms in total. The first-order valence-corrected chi connectivity index (χ1v) is 34.0. The fourth-order valence-electron chi connectivity index (χ4n) is 13.0. The standard InChI is InChI=1S/C29H30F2N6O5.C28H28F2N6O5.C17H19N5O3.ClH.Li.H2O/c1-16-14-35(3)28(39)25(33-16)20-6-5-18(37-8-7-32-26(20)37)13-23(29(40)41-4)34-27(38)24-21(30)11-19(12-22(24)31)36-9-10-42-15-17(36)2;1-15-13-34(3)27(38)24(32-15)19-5-4-17(36-7-6-31-25(19)36)12-22(28(39)40)33-26(37)23-20(29)10-18(11-21(23)30)35-8-9-41-14-16(35)2;1-10-9-21(2)16(23)14(20-10)12-5-4-11(8-13(18)17(24)25-3)22-7-6-19-15(12)22;;;/h5-8,11-12,14,17,23H,9-10,13,15H2,1-4H3,(H,34,38);4-7,10-11,13,16,22H,8-9,12,14H2,1-3H3,(H,33,37)(H,39,40);4-7,9,13H,8,18H2,1-3H3;1H;;1H2/q;;;;+1;/p-1/t17-,23+;16-,22+;13-;;;/m110.../s1. The molecule has 0 radical (unpaired) electrons. The number of anilines is 2. The normalized spacial score (nSPS) is 14.8. The van der Waals surface area contributed by atoms with Crippen molar-refractivity contribution in [2.45, 2.75) is 84.1 Å². The van der Waals surface area contributed by atoms with Gasteiger partial charge >= 0.3 is 36.8 Å². The molecule has 2 amide bonds. The van der Waals surface area contributed by atoms with Crippen LogP contribution in [0.25, 0.3) is 50.7 Å². The summed E-state index contributed by atoms with van der Waals surface area (Å²) in [5.41, 5.74) is 11.3. The maximum Gasteiger partial charge on any atom is 1.00 e. The number of aromatic nitrogens is 12. The van der Waals surface area contributed by atoms with Crippen molar-refractivity contribution in [1.82, 2.24) is 67.4 Å². The summed E-state index contributed by atoms with van der Waals surface area (Å²) in [6.07, 6.45) is 14.5. The third kappa shape index (κ3) is 18.4. The summed E-state index contributed by atoms with van der Waals surface area (Å²) in [6.45, 7) is 11.6. The molecule has 0 unspecified atom stereocenters. The molecule has 2 saturated heterocycles. The number of imidazole rings is 3. The van der Waals surface area contributed by atoms with Crippen LogP contribution in [0.5, 0.6) is 0 Å². The van der Waals surface area contributed by atoms with E-state index in [9.17, 15) is 43.5 Å². The molecular weight excluding hydrogens is 1470 g/mol. The first-order valence-electron chi connectivity index (χ1n) is 34.0. The number of ether oxygens (including phenoxy) is 4. The zero-order valence-electron chi connectivity index (χ0n) is 62.3. The molecule has 0 spiro atoms. The van der Waals surface area contributed by atoms with E-state index in [-0.39, 0.29) is 95.4 Å². The van der Waals surface area contributed by atoms with Gasteiger partial charge in [0.25, 0.3) is 28.5 Å². The maximum atomic E-state index is 15.1. The summed E-state index contributed by atoms with van der Waals surface area (Å²) in [5, 5.41) is 14.5. The molecule has 37 heteroatoms. The van der Waals surface area contributed by atoms with E-state index in [2.05, 4.69) is 45.3 Å². The molecule has 0 bridgehead atoms. The van der Waals surface area contributed by atoms with Crippen LogP contribution in [-0.2, 0) is 73.7 Å². The van der Waals surface area contributed by atoms with Crippen molar-refractivity contribution in [3.8, 4) is 33.8 Å². The number of fused-ring (bicyclic) bond motifs is 3. The summed E-state index contributed by atoms with van der Waals surface area (Å²) < 4.78 is 90.0. The number of nitrogens with zero attached hydrogens (tertiary/aromatic N) is 14. The van der Waals surface area contributed by atoms with E-state index >= 15 is 17.6 Å². The number of hydrogen-bond donors (Lipinski definition) is 4. The number of nitrogens with one attached hydrogen (secondary N) is 2. The number of methoxy groups -OCH3 is 2. The van der Waals surface area contributed by atoms with E-state index in [1.165, 1.54) is 33.2 Å². The fourth-order valence-corrected chi connectivity index (χ4v) is 13.0. The van der Waals surface area contributed by atoms with Crippen LogP contribution in [0.4, 0.5) is 28.9 Å². The number of benzene rings is 2. The summed E-state index contributed by atoms with van der Waals surface area (Å²) in [6, 6.07) is 10.6. The molecule has 13 rings (SSSR count). The number of esters is 2. The van der Waals surface area contributed by atoms with Crippen LogP contribution in [0.15, 0.2) is 131 Å². The van der Waals surface area contributed by atoms with Gasteiger partial charge in [0.05, 0.1) is 57.7 Å². The maximum absolute atomic E-state index is 15.1. The van der Waals surface area contributed by atoms with Crippen LogP contribution in [-0.4, -0.2) is 181 Å². The van der Waals surface area contributed by atoms with E-state index in [4.69, 9.17) is 19.9 Å². The molecule has 5 atom stereocenters. The number of carboxylic acids is 1. The molecule has 111 heavy (non-hydrogen) atoms. The summed E-state index contributed by atoms with van der Waals surface area (Å²) in [4.78, 5) is 130. The predicted molar refractivity (Wildman–Crippen MR) is 396 cm³/mol. The molecule has 11 heterocycles. The van der Waals surface area contributed by atoms with Gasteiger partial charge in [-0.3, -0.25) is 28.8 Å². The Hall–Kier alpha value is -11.5. The Morgan fingerprint density at radius 3 is 1.20 bits per heavy atom. The number of carboxylic acid groups (broad SMARTS) is 1. The van der Waals surface area contributed by atoms with E-state index in [1.54, 1.807) is 127 Å². The van der Waals surface area contributed by atoms with E-state index in [0.29, 0.717) is 114 Å². The van der Waals surface area contributed by atoms with Crippen molar-refractivity contribution in [2.75, 3.05) is 63.5 Å². The van der Waals surface area contributed by atoms with Crippen molar-refractivity contribution >= 4 is 70.4 Å². The minimum Gasteiger partial charge on any atom is -0.870 e. The number of amides is 2. The van der Waals surface area contributed by atoms with Gasteiger partial charge in [-0.1, -0.05) is 0 Å². The summed E-state index contributed by atoms with van der Waals surface area (Å²) in [5.74, 6) is -9.31. The molecule has 2 fully saturated rings. The van der Waals surface area contributed by atoms with Crippen LogP contribution in [0.3, 0.4) is 0 Å².